The lowest BCUT2D eigenvalue weighted by molar-refractivity contribution is -0.132. The van der Waals surface area contributed by atoms with Gasteiger partial charge in [-0.05, 0) is 36.6 Å². The molecule has 2 fully saturated rings. The maximum atomic E-state index is 12.7. The van der Waals surface area contributed by atoms with Crippen molar-refractivity contribution in [2.45, 2.75) is 32.2 Å². The van der Waals surface area contributed by atoms with Crippen LogP contribution in [-0.2, 0) is 11.3 Å². The van der Waals surface area contributed by atoms with Gasteiger partial charge < -0.3 is 15.1 Å². The summed E-state index contributed by atoms with van der Waals surface area (Å²) in [5, 5.41) is 7.80. The van der Waals surface area contributed by atoms with Crippen LogP contribution in [-0.4, -0.2) is 89.2 Å². The molecule has 2 aliphatic rings. The number of aliphatic imine (C=N–C) groups is 1. The smallest absolute Gasteiger partial charge is 0.236 e. The maximum Gasteiger partial charge on any atom is 0.236 e. The zero-order valence-corrected chi connectivity index (χ0v) is 19.1. The highest BCUT2D eigenvalue weighted by molar-refractivity contribution is 5.80. The molecule has 0 aliphatic carbocycles. The van der Waals surface area contributed by atoms with E-state index in [0.29, 0.717) is 19.0 Å². The Kier molecular flexibility index (Phi) is 7.77. The number of carbonyl (C=O) groups excluding carboxylic acids is 1. The lowest BCUT2D eigenvalue weighted by Crippen LogP contribution is -2.54. The first-order valence-electron chi connectivity index (χ1n) is 11.8. The first-order chi connectivity index (χ1) is 15.7. The minimum Gasteiger partial charge on any atom is -0.352 e. The van der Waals surface area contributed by atoms with Crippen molar-refractivity contribution in [1.29, 1.82) is 0 Å². The van der Waals surface area contributed by atoms with E-state index in [0.717, 1.165) is 63.8 Å². The predicted molar refractivity (Wildman–Crippen MR) is 127 cm³/mol. The Hall–Kier alpha value is -2.87. The van der Waals surface area contributed by atoms with Crippen molar-refractivity contribution in [2.24, 2.45) is 4.99 Å². The van der Waals surface area contributed by atoms with Crippen LogP contribution < -0.4 is 5.32 Å². The van der Waals surface area contributed by atoms with E-state index in [9.17, 15) is 4.79 Å². The van der Waals surface area contributed by atoms with Gasteiger partial charge in [0.25, 0.3) is 0 Å². The molecule has 1 aromatic carbocycles. The normalized spacial score (nSPS) is 18.5. The van der Waals surface area contributed by atoms with Crippen LogP contribution in [0.25, 0.3) is 5.69 Å². The molecule has 2 aliphatic heterocycles. The average molecular weight is 438 g/mol. The molecule has 0 spiro atoms. The summed E-state index contributed by atoms with van der Waals surface area (Å²) in [4.78, 5) is 23.8. The molecular weight excluding hydrogens is 402 g/mol. The molecule has 0 unspecified atom stereocenters. The minimum absolute atomic E-state index is 0.292. The van der Waals surface area contributed by atoms with Gasteiger partial charge in [0.1, 0.15) is 0 Å². The summed E-state index contributed by atoms with van der Waals surface area (Å²) in [6.07, 6.45) is 8.53. The first kappa shape index (κ1) is 22.3. The number of piperazine rings is 1. The van der Waals surface area contributed by atoms with Crippen LogP contribution in [0.15, 0.2) is 47.7 Å². The Morgan fingerprint density at radius 3 is 2.47 bits per heavy atom. The fourth-order valence-electron chi connectivity index (χ4n) is 4.47. The van der Waals surface area contributed by atoms with Gasteiger partial charge in [-0.1, -0.05) is 25.0 Å². The quantitative estimate of drug-likeness (QED) is 0.572. The Balaban J connectivity index is 1.24. The van der Waals surface area contributed by atoms with Gasteiger partial charge in [-0.25, -0.2) is 4.68 Å². The number of guanidine groups is 1. The third kappa shape index (κ3) is 5.88. The molecule has 0 bridgehead atoms. The van der Waals surface area contributed by atoms with E-state index in [-0.39, 0.29) is 0 Å². The van der Waals surface area contributed by atoms with Crippen LogP contribution in [0.4, 0.5) is 0 Å². The molecule has 2 aromatic rings. The van der Waals surface area contributed by atoms with Crippen LogP contribution in [0.5, 0.6) is 0 Å². The molecule has 8 nitrogen and oxygen atoms in total. The van der Waals surface area contributed by atoms with E-state index in [1.165, 1.54) is 18.4 Å². The second-order valence-corrected chi connectivity index (χ2v) is 8.58. The average Bonchev–Trinajstić information content (AvgIpc) is 3.23. The number of rotatable bonds is 5. The van der Waals surface area contributed by atoms with Gasteiger partial charge >= 0.3 is 0 Å². The Morgan fingerprint density at radius 2 is 1.78 bits per heavy atom. The predicted octanol–water partition coefficient (Wildman–Crippen LogP) is 1.97. The third-order valence-corrected chi connectivity index (χ3v) is 6.33. The number of hydrogen-bond donors (Lipinski definition) is 1. The van der Waals surface area contributed by atoms with Gasteiger partial charge in [0, 0.05) is 65.3 Å². The van der Waals surface area contributed by atoms with Gasteiger partial charge in [-0.3, -0.25) is 14.7 Å². The number of nitrogens with zero attached hydrogens (tertiary/aromatic N) is 6. The van der Waals surface area contributed by atoms with Crippen molar-refractivity contribution in [3.8, 4) is 5.69 Å². The van der Waals surface area contributed by atoms with Crippen LogP contribution in [0.1, 0.15) is 31.2 Å². The molecule has 8 heteroatoms. The molecule has 1 amide bonds. The Bertz CT molecular complexity index is 880. The van der Waals surface area contributed by atoms with E-state index in [1.807, 2.05) is 24.0 Å². The van der Waals surface area contributed by atoms with E-state index in [2.05, 4.69) is 54.4 Å². The molecule has 1 aromatic heterocycles. The molecule has 2 saturated heterocycles. The summed E-state index contributed by atoms with van der Waals surface area (Å²) >= 11 is 0. The SMILES string of the molecule is CN=C(NCc1cccc(-n2cccn2)c1)N1CCN(CC(=O)N2CCCCCC2)CC1. The Labute approximate surface area is 190 Å². The van der Waals surface area contributed by atoms with Crippen LogP contribution in [0, 0.1) is 0 Å². The highest BCUT2D eigenvalue weighted by Gasteiger charge is 2.23. The van der Waals surface area contributed by atoms with Gasteiger partial charge in [0.15, 0.2) is 5.96 Å². The van der Waals surface area contributed by atoms with E-state index in [4.69, 9.17) is 0 Å². The van der Waals surface area contributed by atoms with Gasteiger partial charge in [0.2, 0.25) is 5.91 Å². The second-order valence-electron chi connectivity index (χ2n) is 8.58. The second kappa shape index (κ2) is 11.1. The number of aromatic nitrogens is 2. The van der Waals surface area contributed by atoms with Gasteiger partial charge in [-0.15, -0.1) is 0 Å². The van der Waals surface area contributed by atoms with Gasteiger partial charge in [0.05, 0.1) is 12.2 Å². The zero-order valence-electron chi connectivity index (χ0n) is 19.1. The molecular formula is C24H35N7O. The minimum atomic E-state index is 0.292. The lowest BCUT2D eigenvalue weighted by Gasteiger charge is -2.37. The van der Waals surface area contributed by atoms with E-state index < -0.39 is 0 Å². The summed E-state index contributed by atoms with van der Waals surface area (Å²) < 4.78 is 1.87. The van der Waals surface area contributed by atoms with Crippen molar-refractivity contribution in [3.05, 3.63) is 48.3 Å². The fraction of sp³-hybridized carbons (Fsp3) is 0.542. The molecule has 1 N–H and O–H groups in total. The van der Waals surface area contributed by atoms with Crippen LogP contribution in [0.3, 0.4) is 0 Å². The van der Waals surface area contributed by atoms with Crippen molar-refractivity contribution in [3.63, 3.8) is 0 Å². The number of benzene rings is 1. The number of nitrogens with one attached hydrogen (secondary N) is 1. The van der Waals surface area contributed by atoms with Crippen molar-refractivity contribution in [1.82, 2.24) is 29.8 Å². The van der Waals surface area contributed by atoms with Gasteiger partial charge in [-0.2, -0.15) is 5.10 Å². The van der Waals surface area contributed by atoms with E-state index >= 15 is 0 Å². The van der Waals surface area contributed by atoms with Crippen molar-refractivity contribution < 1.29 is 4.79 Å². The Morgan fingerprint density at radius 1 is 1.00 bits per heavy atom. The van der Waals surface area contributed by atoms with Crippen molar-refractivity contribution in [2.75, 3.05) is 52.9 Å². The molecule has 3 heterocycles. The summed E-state index contributed by atoms with van der Waals surface area (Å²) in [6.45, 7) is 6.62. The standard InChI is InChI=1S/C24H35N7O/c1-25-24(26-19-21-8-6-9-22(18-21)31-13-7-10-27-31)30-16-14-28(15-17-30)20-23(32)29-11-4-2-3-5-12-29/h6-10,13,18H,2-5,11-12,14-17,19-20H2,1H3,(H,25,26). The number of carbonyl (C=O) groups is 1. The number of likely N-dealkylation sites (tertiary alicyclic amines) is 1. The fourth-order valence-corrected chi connectivity index (χ4v) is 4.47. The lowest BCUT2D eigenvalue weighted by atomic mass is 10.2. The zero-order chi connectivity index (χ0) is 22.2. The molecule has 0 saturated carbocycles. The summed E-state index contributed by atoms with van der Waals surface area (Å²) in [5.74, 6) is 1.20. The molecule has 0 atom stereocenters. The third-order valence-electron chi connectivity index (χ3n) is 6.33. The summed E-state index contributed by atoms with van der Waals surface area (Å²) in [5.41, 5.74) is 2.23. The largest absolute Gasteiger partial charge is 0.352 e. The van der Waals surface area contributed by atoms with Crippen molar-refractivity contribution >= 4 is 11.9 Å². The first-order valence-corrected chi connectivity index (χ1v) is 11.8. The maximum absolute atomic E-state index is 12.7. The monoisotopic (exact) mass is 437 g/mol. The van der Waals surface area contributed by atoms with Crippen LogP contribution >= 0.6 is 0 Å². The summed E-state index contributed by atoms with van der Waals surface area (Å²) in [7, 11) is 1.83. The van der Waals surface area contributed by atoms with Crippen LogP contribution in [0.2, 0.25) is 0 Å². The topological polar surface area (TPSA) is 69.0 Å². The number of hydrogen-bond acceptors (Lipinski definition) is 4. The number of amides is 1. The van der Waals surface area contributed by atoms with E-state index in [1.54, 1.807) is 6.20 Å². The highest BCUT2D eigenvalue weighted by atomic mass is 16.2. The molecule has 0 radical (unpaired) electrons. The highest BCUT2D eigenvalue weighted by Crippen LogP contribution is 2.12. The molecule has 4 rings (SSSR count). The summed E-state index contributed by atoms with van der Waals surface area (Å²) in [6, 6.07) is 10.3. The molecule has 172 valence electrons. The molecule has 32 heavy (non-hydrogen) atoms.